The van der Waals surface area contributed by atoms with E-state index in [1.54, 1.807) is 0 Å². The second-order valence-electron chi connectivity index (χ2n) is 4.00. The van der Waals surface area contributed by atoms with Gasteiger partial charge in [0.25, 0.3) is 0 Å². The molecule has 2 aromatic carbocycles. The molecule has 3 heteroatoms. The van der Waals surface area contributed by atoms with Gasteiger partial charge in [-0.05, 0) is 12.1 Å². The summed E-state index contributed by atoms with van der Waals surface area (Å²) in [6, 6.07) is 15.8. The number of para-hydroxylation sites is 1. The largest absolute Gasteiger partial charge is 0.278 e. The van der Waals surface area contributed by atoms with Gasteiger partial charge in [-0.3, -0.25) is 9.98 Å². The molecule has 0 spiro atoms. The molecule has 0 aliphatic carbocycles. The molecule has 88 valence electrons. The zero-order valence-electron chi connectivity index (χ0n) is 9.68. The average molecular weight is 255 g/mol. The molecule has 2 nitrogen and oxygen atoms in total. The Kier molecular flexibility index (Phi) is 2.95. The number of rotatable bonds is 1. The minimum absolute atomic E-state index is 0.579. The van der Waals surface area contributed by atoms with E-state index in [0.717, 1.165) is 22.5 Å². The van der Waals surface area contributed by atoms with E-state index >= 15 is 0 Å². The maximum atomic E-state index is 6.26. The van der Waals surface area contributed by atoms with Crippen molar-refractivity contribution in [2.24, 2.45) is 9.98 Å². The molecule has 0 saturated carbocycles. The third-order valence-electron chi connectivity index (χ3n) is 2.85. The Hall–Kier alpha value is -1.93. The Morgan fingerprint density at radius 1 is 0.889 bits per heavy atom. The lowest BCUT2D eigenvalue weighted by Crippen LogP contribution is -2.04. The zero-order chi connectivity index (χ0) is 12.4. The summed E-state index contributed by atoms with van der Waals surface area (Å²) >= 11 is 6.26. The monoisotopic (exact) mass is 254 g/mol. The van der Waals surface area contributed by atoms with Crippen LogP contribution in [-0.2, 0) is 0 Å². The number of hydrogen-bond acceptors (Lipinski definition) is 2. The highest BCUT2D eigenvalue weighted by molar-refractivity contribution is 6.35. The van der Waals surface area contributed by atoms with Gasteiger partial charge in [0, 0.05) is 22.4 Å². The summed E-state index contributed by atoms with van der Waals surface area (Å²) in [4.78, 5) is 8.99. The Morgan fingerprint density at radius 3 is 2.44 bits per heavy atom. The van der Waals surface area contributed by atoms with Crippen molar-refractivity contribution in [1.82, 2.24) is 0 Å². The fourth-order valence-corrected chi connectivity index (χ4v) is 2.25. The maximum Gasteiger partial charge on any atom is 0.0760 e. The predicted octanol–water partition coefficient (Wildman–Crippen LogP) is 3.89. The third kappa shape index (κ3) is 1.95. The first-order chi connectivity index (χ1) is 8.86. The van der Waals surface area contributed by atoms with E-state index in [9.17, 15) is 0 Å². The van der Waals surface area contributed by atoms with Crippen LogP contribution in [0.1, 0.15) is 11.1 Å². The van der Waals surface area contributed by atoms with Crippen LogP contribution < -0.4 is 0 Å². The molecule has 1 heterocycles. The minimum atomic E-state index is 0.579. The summed E-state index contributed by atoms with van der Waals surface area (Å²) in [5.74, 6) is 0. The number of fused-ring (bicyclic) bond motifs is 1. The highest BCUT2D eigenvalue weighted by Crippen LogP contribution is 2.27. The van der Waals surface area contributed by atoms with Crippen molar-refractivity contribution in [2.75, 3.05) is 6.54 Å². The molecular weight excluding hydrogens is 244 g/mol. The zero-order valence-corrected chi connectivity index (χ0v) is 10.4. The van der Waals surface area contributed by atoms with Gasteiger partial charge in [0.05, 0.1) is 17.9 Å². The van der Waals surface area contributed by atoms with E-state index in [1.165, 1.54) is 0 Å². The van der Waals surface area contributed by atoms with Gasteiger partial charge in [0.2, 0.25) is 0 Å². The first-order valence-corrected chi connectivity index (χ1v) is 6.15. The van der Waals surface area contributed by atoms with Gasteiger partial charge in [-0.25, -0.2) is 0 Å². The molecule has 0 unspecified atom stereocenters. The Bertz CT molecular complexity index is 644. The molecule has 1 aliphatic rings. The van der Waals surface area contributed by atoms with Gasteiger partial charge in [0.1, 0.15) is 0 Å². The maximum absolute atomic E-state index is 6.26. The van der Waals surface area contributed by atoms with Gasteiger partial charge >= 0.3 is 0 Å². The molecule has 0 bridgehead atoms. The number of halogens is 1. The van der Waals surface area contributed by atoms with Crippen molar-refractivity contribution >= 4 is 29.2 Å². The summed E-state index contributed by atoms with van der Waals surface area (Å²) in [5, 5.41) is 0.716. The first-order valence-electron chi connectivity index (χ1n) is 5.77. The quantitative estimate of drug-likeness (QED) is 0.738. The normalized spacial score (nSPS) is 13.7. The summed E-state index contributed by atoms with van der Waals surface area (Å²) in [6.07, 6.45) is 1.82. The van der Waals surface area contributed by atoms with E-state index in [4.69, 9.17) is 11.6 Å². The summed E-state index contributed by atoms with van der Waals surface area (Å²) < 4.78 is 0. The van der Waals surface area contributed by atoms with Crippen LogP contribution in [0.15, 0.2) is 58.5 Å². The first kappa shape index (κ1) is 11.2. The average Bonchev–Trinajstić information content (AvgIpc) is 2.62. The summed E-state index contributed by atoms with van der Waals surface area (Å²) in [6.45, 7) is 0.579. The van der Waals surface area contributed by atoms with Crippen molar-refractivity contribution in [3.63, 3.8) is 0 Å². The Balaban J connectivity index is 2.21. The fourth-order valence-electron chi connectivity index (χ4n) is 2.03. The Morgan fingerprint density at radius 2 is 1.61 bits per heavy atom. The van der Waals surface area contributed by atoms with Crippen molar-refractivity contribution in [2.45, 2.75) is 0 Å². The van der Waals surface area contributed by atoms with E-state index < -0.39 is 0 Å². The molecule has 0 atom stereocenters. The van der Waals surface area contributed by atoms with E-state index in [1.807, 2.05) is 54.7 Å². The molecular formula is C15H11ClN2. The number of hydrogen-bond donors (Lipinski definition) is 0. The van der Waals surface area contributed by atoms with Crippen LogP contribution in [0.3, 0.4) is 0 Å². The van der Waals surface area contributed by atoms with E-state index in [2.05, 4.69) is 9.98 Å². The van der Waals surface area contributed by atoms with Crippen LogP contribution in [0.4, 0.5) is 5.69 Å². The molecule has 1 aliphatic heterocycles. The molecule has 0 radical (unpaired) electrons. The topological polar surface area (TPSA) is 24.7 Å². The number of aliphatic imine (C=N–C) groups is 2. The highest BCUT2D eigenvalue weighted by Gasteiger charge is 2.14. The van der Waals surface area contributed by atoms with Crippen molar-refractivity contribution in [3.05, 3.63) is 64.7 Å². The van der Waals surface area contributed by atoms with Gasteiger partial charge < -0.3 is 0 Å². The fraction of sp³-hybridized carbons (Fsp3) is 0.0667. The third-order valence-corrected chi connectivity index (χ3v) is 3.18. The van der Waals surface area contributed by atoms with Crippen LogP contribution in [-0.4, -0.2) is 18.5 Å². The molecule has 0 amide bonds. The Labute approximate surface area is 111 Å². The molecule has 18 heavy (non-hydrogen) atoms. The van der Waals surface area contributed by atoms with Gasteiger partial charge in [-0.15, -0.1) is 0 Å². The number of nitrogens with zero attached hydrogens (tertiary/aromatic N) is 2. The molecule has 2 aromatic rings. The standard InChI is InChI=1S/C15H11ClN2/c16-13-7-3-1-5-11(13)15-12-6-2-4-8-14(12)17-9-10-18-15/h1-9H,10H2. The number of benzene rings is 2. The van der Waals surface area contributed by atoms with Crippen molar-refractivity contribution in [1.29, 1.82) is 0 Å². The van der Waals surface area contributed by atoms with Crippen LogP contribution in [0, 0.1) is 0 Å². The molecule has 0 saturated heterocycles. The molecule has 0 N–H and O–H groups in total. The van der Waals surface area contributed by atoms with Crippen LogP contribution in [0.5, 0.6) is 0 Å². The smallest absolute Gasteiger partial charge is 0.0760 e. The second-order valence-corrected chi connectivity index (χ2v) is 4.41. The van der Waals surface area contributed by atoms with E-state index in [0.29, 0.717) is 11.6 Å². The van der Waals surface area contributed by atoms with Crippen LogP contribution in [0.2, 0.25) is 5.02 Å². The summed E-state index contributed by atoms with van der Waals surface area (Å²) in [7, 11) is 0. The second kappa shape index (κ2) is 4.75. The van der Waals surface area contributed by atoms with Crippen molar-refractivity contribution in [3.8, 4) is 0 Å². The predicted molar refractivity (Wildman–Crippen MR) is 76.6 cm³/mol. The van der Waals surface area contributed by atoms with Crippen LogP contribution >= 0.6 is 11.6 Å². The van der Waals surface area contributed by atoms with Crippen LogP contribution in [0.25, 0.3) is 0 Å². The highest BCUT2D eigenvalue weighted by atomic mass is 35.5. The van der Waals surface area contributed by atoms with E-state index in [-0.39, 0.29) is 0 Å². The van der Waals surface area contributed by atoms with Gasteiger partial charge in [-0.2, -0.15) is 0 Å². The molecule has 0 fully saturated rings. The lowest BCUT2D eigenvalue weighted by molar-refractivity contribution is 1.32. The van der Waals surface area contributed by atoms with Gasteiger partial charge in [-0.1, -0.05) is 48.0 Å². The lowest BCUT2D eigenvalue weighted by atomic mass is 10.0. The van der Waals surface area contributed by atoms with Gasteiger partial charge in [0.15, 0.2) is 0 Å². The SMILES string of the molecule is Clc1ccccc1C1=NCC=Nc2ccccc21. The lowest BCUT2D eigenvalue weighted by Gasteiger charge is -2.09. The molecule has 3 rings (SSSR count). The summed E-state index contributed by atoms with van der Waals surface area (Å²) in [5.41, 5.74) is 3.83. The molecule has 0 aromatic heterocycles. The van der Waals surface area contributed by atoms with Crippen molar-refractivity contribution < 1.29 is 0 Å². The minimum Gasteiger partial charge on any atom is -0.278 e.